The van der Waals surface area contributed by atoms with Crippen molar-refractivity contribution in [3.8, 4) is 0 Å². The Morgan fingerprint density at radius 3 is 2.56 bits per heavy atom. The zero-order valence-corrected chi connectivity index (χ0v) is 10.8. The van der Waals surface area contributed by atoms with Crippen LogP contribution in [0.3, 0.4) is 0 Å². The number of aliphatic hydroxyl groups is 1. The molecule has 1 fully saturated rings. The number of halogens is 2. The van der Waals surface area contributed by atoms with Gasteiger partial charge in [0.25, 0.3) is 0 Å². The van der Waals surface area contributed by atoms with E-state index in [4.69, 9.17) is 0 Å². The van der Waals surface area contributed by atoms with Gasteiger partial charge in [0.1, 0.15) is 5.82 Å². The van der Waals surface area contributed by atoms with Gasteiger partial charge in [-0.05, 0) is 32.0 Å². The number of nitrogens with zero attached hydrogens (tertiary/aromatic N) is 1. The van der Waals surface area contributed by atoms with Crippen LogP contribution in [0.25, 0.3) is 0 Å². The van der Waals surface area contributed by atoms with Gasteiger partial charge in [-0.2, -0.15) is 0 Å². The summed E-state index contributed by atoms with van der Waals surface area (Å²) in [6, 6.07) is 4.85. The Labute approximate surface area is 103 Å². The van der Waals surface area contributed by atoms with Gasteiger partial charge in [-0.25, -0.2) is 4.39 Å². The van der Waals surface area contributed by atoms with Gasteiger partial charge in [-0.3, -0.25) is 0 Å². The minimum absolute atomic E-state index is 0.332. The molecule has 1 heterocycles. The monoisotopic (exact) mass is 287 g/mol. The molecule has 0 atom stereocenters. The fraction of sp³-hybridized carbons (Fsp3) is 0.500. The van der Waals surface area contributed by atoms with Crippen molar-refractivity contribution in [3.63, 3.8) is 0 Å². The van der Waals surface area contributed by atoms with E-state index in [1.165, 1.54) is 6.07 Å². The number of benzene rings is 1. The van der Waals surface area contributed by atoms with Crippen LogP contribution in [0.5, 0.6) is 0 Å². The van der Waals surface area contributed by atoms with Gasteiger partial charge in [-0.1, -0.05) is 22.0 Å². The standard InChI is InChI=1S/C12H15BrFNO/c1-15-6-4-12(16,5-7-15)10-3-2-9(13)8-11(10)14/h2-3,8,16H,4-7H2,1H3. The van der Waals surface area contributed by atoms with Crippen LogP contribution in [0.15, 0.2) is 22.7 Å². The van der Waals surface area contributed by atoms with Crippen molar-refractivity contribution in [3.05, 3.63) is 34.1 Å². The summed E-state index contributed by atoms with van der Waals surface area (Å²) in [6.45, 7) is 1.60. The van der Waals surface area contributed by atoms with Crippen LogP contribution in [0.2, 0.25) is 0 Å². The lowest BCUT2D eigenvalue weighted by molar-refractivity contribution is -0.0230. The fourth-order valence-electron chi connectivity index (χ4n) is 2.12. The summed E-state index contributed by atoms with van der Waals surface area (Å²) < 4.78 is 14.5. The van der Waals surface area contributed by atoms with Crippen LogP contribution in [-0.2, 0) is 5.60 Å². The molecule has 0 radical (unpaired) electrons. The average molecular weight is 288 g/mol. The minimum Gasteiger partial charge on any atom is -0.385 e. The topological polar surface area (TPSA) is 23.5 Å². The van der Waals surface area contributed by atoms with Crippen molar-refractivity contribution >= 4 is 15.9 Å². The van der Waals surface area contributed by atoms with Gasteiger partial charge in [-0.15, -0.1) is 0 Å². The maximum absolute atomic E-state index is 13.8. The lowest BCUT2D eigenvalue weighted by Gasteiger charge is -2.37. The molecule has 0 aliphatic carbocycles. The normalized spacial score (nSPS) is 21.0. The van der Waals surface area contributed by atoms with E-state index in [0.29, 0.717) is 22.9 Å². The molecule has 0 aromatic heterocycles. The Kier molecular flexibility index (Phi) is 3.33. The van der Waals surface area contributed by atoms with Gasteiger partial charge >= 0.3 is 0 Å². The Balaban J connectivity index is 2.29. The van der Waals surface area contributed by atoms with E-state index in [0.717, 1.165) is 13.1 Å². The molecule has 1 N–H and O–H groups in total. The largest absolute Gasteiger partial charge is 0.385 e. The third-order valence-electron chi connectivity index (χ3n) is 3.25. The summed E-state index contributed by atoms with van der Waals surface area (Å²) in [4.78, 5) is 2.14. The SMILES string of the molecule is CN1CCC(O)(c2ccc(Br)cc2F)CC1. The van der Waals surface area contributed by atoms with Crippen molar-refractivity contribution < 1.29 is 9.50 Å². The van der Waals surface area contributed by atoms with E-state index in [-0.39, 0.29) is 5.82 Å². The smallest absolute Gasteiger partial charge is 0.130 e. The first-order chi connectivity index (χ1) is 7.51. The summed E-state index contributed by atoms with van der Waals surface area (Å²) in [5, 5.41) is 10.5. The predicted octanol–water partition coefficient (Wildman–Crippen LogP) is 2.50. The predicted molar refractivity (Wildman–Crippen MR) is 64.7 cm³/mol. The summed E-state index contributed by atoms with van der Waals surface area (Å²) in [5.74, 6) is -0.332. The summed E-state index contributed by atoms with van der Waals surface area (Å²) in [7, 11) is 2.01. The minimum atomic E-state index is -1.00. The Hall–Kier alpha value is -0.450. The van der Waals surface area contributed by atoms with E-state index in [9.17, 15) is 9.50 Å². The molecule has 1 aromatic rings. The van der Waals surface area contributed by atoms with Crippen LogP contribution in [-0.4, -0.2) is 30.1 Å². The zero-order valence-electron chi connectivity index (χ0n) is 9.21. The molecule has 4 heteroatoms. The highest BCUT2D eigenvalue weighted by molar-refractivity contribution is 9.10. The maximum atomic E-state index is 13.8. The average Bonchev–Trinajstić information content (AvgIpc) is 2.22. The number of rotatable bonds is 1. The second-order valence-electron chi connectivity index (χ2n) is 4.46. The summed E-state index contributed by atoms with van der Waals surface area (Å²) in [6.07, 6.45) is 1.17. The van der Waals surface area contributed by atoms with Gasteiger partial charge in [0, 0.05) is 23.1 Å². The first-order valence-electron chi connectivity index (χ1n) is 5.38. The van der Waals surface area contributed by atoms with Gasteiger partial charge in [0.05, 0.1) is 5.60 Å². The maximum Gasteiger partial charge on any atom is 0.130 e. The van der Waals surface area contributed by atoms with E-state index in [2.05, 4.69) is 20.8 Å². The molecule has 0 amide bonds. The number of likely N-dealkylation sites (tertiary alicyclic amines) is 1. The van der Waals surface area contributed by atoms with Crippen LogP contribution in [0.1, 0.15) is 18.4 Å². The molecule has 1 aliphatic heterocycles. The molecule has 0 spiro atoms. The quantitative estimate of drug-likeness (QED) is 0.858. The molecule has 2 nitrogen and oxygen atoms in total. The molecule has 1 saturated heterocycles. The number of piperidine rings is 1. The lowest BCUT2D eigenvalue weighted by Crippen LogP contribution is -2.41. The molecule has 1 aromatic carbocycles. The van der Waals surface area contributed by atoms with Gasteiger partial charge in [0.2, 0.25) is 0 Å². The molecular weight excluding hydrogens is 273 g/mol. The van der Waals surface area contributed by atoms with E-state index in [1.54, 1.807) is 12.1 Å². The van der Waals surface area contributed by atoms with Crippen molar-refractivity contribution in [2.24, 2.45) is 0 Å². The van der Waals surface area contributed by atoms with E-state index < -0.39 is 5.60 Å². The highest BCUT2D eigenvalue weighted by atomic mass is 79.9. The van der Waals surface area contributed by atoms with E-state index >= 15 is 0 Å². The third-order valence-corrected chi connectivity index (χ3v) is 3.74. The zero-order chi connectivity index (χ0) is 11.8. The Bertz CT molecular complexity index is 389. The molecule has 1 aliphatic rings. The summed E-state index contributed by atoms with van der Waals surface area (Å²) in [5.41, 5.74) is -0.582. The van der Waals surface area contributed by atoms with Crippen molar-refractivity contribution in [2.45, 2.75) is 18.4 Å². The second-order valence-corrected chi connectivity index (χ2v) is 5.37. The van der Waals surface area contributed by atoms with Gasteiger partial charge in [0.15, 0.2) is 0 Å². The number of hydrogen-bond acceptors (Lipinski definition) is 2. The highest BCUT2D eigenvalue weighted by Gasteiger charge is 2.35. The Morgan fingerprint density at radius 2 is 2.00 bits per heavy atom. The first-order valence-corrected chi connectivity index (χ1v) is 6.17. The first kappa shape index (κ1) is 12.0. The van der Waals surface area contributed by atoms with Gasteiger partial charge < -0.3 is 10.0 Å². The fourth-order valence-corrected chi connectivity index (χ4v) is 2.46. The molecule has 88 valence electrons. The highest BCUT2D eigenvalue weighted by Crippen LogP contribution is 2.34. The van der Waals surface area contributed by atoms with Crippen LogP contribution in [0.4, 0.5) is 4.39 Å². The molecule has 0 bridgehead atoms. The molecule has 16 heavy (non-hydrogen) atoms. The lowest BCUT2D eigenvalue weighted by atomic mass is 9.84. The number of hydrogen-bond donors (Lipinski definition) is 1. The summed E-state index contributed by atoms with van der Waals surface area (Å²) >= 11 is 3.22. The van der Waals surface area contributed by atoms with Crippen LogP contribution in [0, 0.1) is 5.82 Å². The molecule has 0 saturated carbocycles. The Morgan fingerprint density at radius 1 is 1.38 bits per heavy atom. The van der Waals surface area contributed by atoms with Crippen molar-refractivity contribution in [1.82, 2.24) is 4.90 Å². The van der Waals surface area contributed by atoms with Crippen LogP contribution < -0.4 is 0 Å². The van der Waals surface area contributed by atoms with Crippen molar-refractivity contribution in [1.29, 1.82) is 0 Å². The van der Waals surface area contributed by atoms with E-state index in [1.807, 2.05) is 7.05 Å². The third kappa shape index (κ3) is 2.29. The molecule has 2 rings (SSSR count). The van der Waals surface area contributed by atoms with Crippen LogP contribution >= 0.6 is 15.9 Å². The molecule has 0 unspecified atom stereocenters. The second kappa shape index (κ2) is 4.43. The molecular formula is C12H15BrFNO. The van der Waals surface area contributed by atoms with Crippen molar-refractivity contribution in [2.75, 3.05) is 20.1 Å².